The standard InChI is InChI=1S/C31H30FN3O4/c32-22-12-10-20(11-13-22)30(31(37)34-23-6-2-1-3-7-23)35(24-14-15-27-28(17-24)39-19-38-27)29(36)16-21-18-33-26-9-5-4-8-25(21)26/h4-5,8-15,17-18,23,30,33H,1-3,6-7,16,19H2,(H,34,37). The molecule has 2 amide bonds. The number of carbonyl (C=O) groups is 2. The summed E-state index contributed by atoms with van der Waals surface area (Å²) in [5.41, 5.74) is 2.78. The molecule has 2 aliphatic rings. The Kier molecular flexibility index (Phi) is 6.92. The smallest absolute Gasteiger partial charge is 0.248 e. The van der Waals surface area contributed by atoms with Crippen molar-refractivity contribution in [1.29, 1.82) is 0 Å². The molecular formula is C31H30FN3O4. The molecule has 1 aliphatic heterocycles. The first kappa shape index (κ1) is 25.0. The van der Waals surface area contributed by atoms with Crippen LogP contribution in [0.1, 0.15) is 49.3 Å². The van der Waals surface area contributed by atoms with E-state index in [1.54, 1.807) is 30.3 Å². The number of benzene rings is 3. The van der Waals surface area contributed by atoms with E-state index in [1.165, 1.54) is 17.0 Å². The number of rotatable bonds is 7. The molecule has 1 unspecified atom stereocenters. The van der Waals surface area contributed by atoms with Gasteiger partial charge in [0, 0.05) is 34.9 Å². The Bertz CT molecular complexity index is 1490. The maximum absolute atomic E-state index is 14.2. The minimum Gasteiger partial charge on any atom is -0.454 e. The molecule has 1 fully saturated rings. The molecule has 0 spiro atoms. The zero-order valence-corrected chi connectivity index (χ0v) is 21.5. The number of aromatic nitrogens is 1. The van der Waals surface area contributed by atoms with Gasteiger partial charge in [-0.05, 0) is 54.3 Å². The number of hydrogen-bond donors (Lipinski definition) is 2. The van der Waals surface area contributed by atoms with Crippen molar-refractivity contribution >= 4 is 28.4 Å². The number of nitrogens with zero attached hydrogens (tertiary/aromatic N) is 1. The lowest BCUT2D eigenvalue weighted by atomic mass is 9.94. The van der Waals surface area contributed by atoms with Crippen LogP contribution in [0, 0.1) is 5.82 Å². The minimum absolute atomic E-state index is 0.0384. The number of H-pyrrole nitrogens is 1. The average molecular weight is 528 g/mol. The number of nitrogens with one attached hydrogen (secondary N) is 2. The summed E-state index contributed by atoms with van der Waals surface area (Å²) in [6.45, 7) is 0.0889. The quantitative estimate of drug-likeness (QED) is 0.318. The monoisotopic (exact) mass is 527 g/mol. The van der Waals surface area contributed by atoms with Crippen molar-refractivity contribution < 1.29 is 23.5 Å². The van der Waals surface area contributed by atoms with Crippen LogP contribution in [-0.2, 0) is 16.0 Å². The topological polar surface area (TPSA) is 83.7 Å². The molecule has 3 aromatic carbocycles. The summed E-state index contributed by atoms with van der Waals surface area (Å²) in [4.78, 5) is 33.0. The summed E-state index contributed by atoms with van der Waals surface area (Å²) in [5.74, 6) is 0.103. The van der Waals surface area contributed by atoms with Crippen LogP contribution in [0.5, 0.6) is 11.5 Å². The molecular weight excluding hydrogens is 497 g/mol. The highest BCUT2D eigenvalue weighted by atomic mass is 19.1. The lowest BCUT2D eigenvalue weighted by Gasteiger charge is -2.33. The fourth-order valence-electron chi connectivity index (χ4n) is 5.59. The summed E-state index contributed by atoms with van der Waals surface area (Å²) in [6, 6.07) is 17.8. The lowest BCUT2D eigenvalue weighted by molar-refractivity contribution is -0.127. The van der Waals surface area contributed by atoms with Gasteiger partial charge in [-0.1, -0.05) is 49.6 Å². The zero-order chi connectivity index (χ0) is 26.8. The first-order valence-corrected chi connectivity index (χ1v) is 13.4. The fourth-order valence-corrected chi connectivity index (χ4v) is 5.59. The van der Waals surface area contributed by atoms with Crippen molar-refractivity contribution in [3.63, 3.8) is 0 Å². The molecule has 4 aromatic rings. The van der Waals surface area contributed by atoms with Crippen LogP contribution in [0.4, 0.5) is 10.1 Å². The summed E-state index contributed by atoms with van der Waals surface area (Å²) >= 11 is 0. The Labute approximate surface area is 225 Å². The number of amides is 2. The summed E-state index contributed by atoms with van der Waals surface area (Å²) < 4.78 is 25.0. The second-order valence-corrected chi connectivity index (χ2v) is 10.1. The molecule has 0 saturated heterocycles. The molecule has 8 heteroatoms. The van der Waals surface area contributed by atoms with Gasteiger partial charge in [-0.25, -0.2) is 4.39 Å². The molecule has 1 aromatic heterocycles. The van der Waals surface area contributed by atoms with Crippen LogP contribution in [0.15, 0.2) is 72.9 Å². The Hall–Kier alpha value is -4.33. The highest BCUT2D eigenvalue weighted by Crippen LogP contribution is 2.39. The number of carbonyl (C=O) groups excluding carboxylic acids is 2. The minimum atomic E-state index is -1.01. The van der Waals surface area contributed by atoms with Crippen molar-refractivity contribution in [3.05, 3.63) is 89.9 Å². The normalized spacial score (nSPS) is 15.7. The second kappa shape index (κ2) is 10.8. The van der Waals surface area contributed by atoms with Gasteiger partial charge >= 0.3 is 0 Å². The van der Waals surface area contributed by atoms with Gasteiger partial charge in [-0.15, -0.1) is 0 Å². The summed E-state index contributed by atoms with van der Waals surface area (Å²) in [5, 5.41) is 4.14. The molecule has 2 heterocycles. The number of halogens is 1. The first-order valence-electron chi connectivity index (χ1n) is 13.4. The third-order valence-electron chi connectivity index (χ3n) is 7.56. The van der Waals surface area contributed by atoms with Crippen LogP contribution < -0.4 is 19.7 Å². The molecule has 200 valence electrons. The Morgan fingerprint density at radius 2 is 1.74 bits per heavy atom. The van der Waals surface area contributed by atoms with E-state index in [0.717, 1.165) is 48.6 Å². The third kappa shape index (κ3) is 5.19. The van der Waals surface area contributed by atoms with Crippen molar-refractivity contribution in [1.82, 2.24) is 10.3 Å². The molecule has 1 atom stereocenters. The van der Waals surface area contributed by atoms with Crippen molar-refractivity contribution in [2.24, 2.45) is 0 Å². The van der Waals surface area contributed by atoms with E-state index in [-0.39, 0.29) is 31.1 Å². The zero-order valence-electron chi connectivity index (χ0n) is 21.5. The van der Waals surface area contributed by atoms with E-state index in [1.807, 2.05) is 30.5 Å². The molecule has 1 aliphatic carbocycles. The molecule has 2 N–H and O–H groups in total. The summed E-state index contributed by atoms with van der Waals surface area (Å²) in [7, 11) is 0. The van der Waals surface area contributed by atoms with E-state index < -0.39 is 11.9 Å². The van der Waals surface area contributed by atoms with Crippen LogP contribution in [-0.4, -0.2) is 29.6 Å². The SMILES string of the molecule is O=C(NC1CCCCC1)C(c1ccc(F)cc1)N(C(=O)Cc1c[nH]c2ccccc12)c1ccc2c(c1)OCO2. The Morgan fingerprint density at radius 1 is 0.974 bits per heavy atom. The number of para-hydroxylation sites is 1. The van der Waals surface area contributed by atoms with Crippen LogP contribution in [0.3, 0.4) is 0 Å². The van der Waals surface area contributed by atoms with Crippen molar-refractivity contribution in [2.75, 3.05) is 11.7 Å². The fraction of sp³-hybridized carbons (Fsp3) is 0.290. The maximum Gasteiger partial charge on any atom is 0.248 e. The molecule has 39 heavy (non-hydrogen) atoms. The molecule has 6 rings (SSSR count). The number of ether oxygens (including phenoxy) is 2. The molecule has 0 bridgehead atoms. The second-order valence-electron chi connectivity index (χ2n) is 10.1. The van der Waals surface area contributed by atoms with Gasteiger partial charge in [-0.2, -0.15) is 0 Å². The van der Waals surface area contributed by atoms with Gasteiger partial charge < -0.3 is 19.8 Å². The van der Waals surface area contributed by atoms with E-state index in [4.69, 9.17) is 9.47 Å². The van der Waals surface area contributed by atoms with Crippen molar-refractivity contribution in [2.45, 2.75) is 50.6 Å². The van der Waals surface area contributed by atoms with Crippen LogP contribution >= 0.6 is 0 Å². The highest BCUT2D eigenvalue weighted by Gasteiger charge is 2.35. The average Bonchev–Trinajstić information content (AvgIpc) is 3.59. The maximum atomic E-state index is 14.2. The van der Waals surface area contributed by atoms with Gasteiger partial charge in [0.15, 0.2) is 11.5 Å². The predicted molar refractivity (Wildman–Crippen MR) is 146 cm³/mol. The molecule has 7 nitrogen and oxygen atoms in total. The van der Waals surface area contributed by atoms with Gasteiger partial charge in [0.25, 0.3) is 0 Å². The number of fused-ring (bicyclic) bond motifs is 2. The van der Waals surface area contributed by atoms with Gasteiger partial charge in [0.05, 0.1) is 6.42 Å². The first-order chi connectivity index (χ1) is 19.1. The van der Waals surface area contributed by atoms with Gasteiger partial charge in [-0.3, -0.25) is 14.5 Å². The van der Waals surface area contributed by atoms with Gasteiger partial charge in [0.2, 0.25) is 18.6 Å². The van der Waals surface area contributed by atoms with Gasteiger partial charge in [0.1, 0.15) is 11.9 Å². The molecule has 1 saturated carbocycles. The molecule has 0 radical (unpaired) electrons. The van der Waals surface area contributed by atoms with E-state index in [9.17, 15) is 14.0 Å². The number of anilines is 1. The lowest BCUT2D eigenvalue weighted by Crippen LogP contribution is -2.47. The van der Waals surface area contributed by atoms with E-state index in [0.29, 0.717) is 22.7 Å². The van der Waals surface area contributed by atoms with E-state index in [2.05, 4.69) is 10.3 Å². The Morgan fingerprint density at radius 3 is 2.56 bits per heavy atom. The third-order valence-corrected chi connectivity index (χ3v) is 7.56. The predicted octanol–water partition coefficient (Wildman–Crippen LogP) is 5.80. The van der Waals surface area contributed by atoms with E-state index >= 15 is 0 Å². The summed E-state index contributed by atoms with van der Waals surface area (Å²) in [6.07, 6.45) is 6.95. The number of hydrogen-bond acceptors (Lipinski definition) is 4. The largest absolute Gasteiger partial charge is 0.454 e. The van der Waals surface area contributed by atoms with Crippen LogP contribution in [0.25, 0.3) is 10.9 Å². The Balaban J connectivity index is 1.42. The highest BCUT2D eigenvalue weighted by molar-refractivity contribution is 6.03. The van der Waals surface area contributed by atoms with Crippen molar-refractivity contribution in [3.8, 4) is 11.5 Å². The number of aromatic amines is 1. The van der Waals surface area contributed by atoms with Crippen LogP contribution in [0.2, 0.25) is 0 Å².